The van der Waals surface area contributed by atoms with E-state index in [2.05, 4.69) is 34.7 Å². The summed E-state index contributed by atoms with van der Waals surface area (Å²) < 4.78 is 5.79. The van der Waals surface area contributed by atoms with Crippen molar-refractivity contribution < 1.29 is 4.74 Å². The van der Waals surface area contributed by atoms with Gasteiger partial charge in [-0.3, -0.25) is 0 Å². The highest BCUT2D eigenvalue weighted by molar-refractivity contribution is 14.0. The van der Waals surface area contributed by atoms with Gasteiger partial charge in [0.05, 0.1) is 6.54 Å². The fourth-order valence-electron chi connectivity index (χ4n) is 1.94. The lowest BCUT2D eigenvalue weighted by Crippen LogP contribution is -2.34. The monoisotopic (exact) mass is 445 g/mol. The molecule has 0 fully saturated rings. The minimum Gasteiger partial charge on any atom is -0.489 e. The number of benzene rings is 1. The van der Waals surface area contributed by atoms with E-state index in [1.807, 2.05) is 31.2 Å². The Morgan fingerprint density at radius 2 is 2.04 bits per heavy atom. The Kier molecular flexibility index (Phi) is 9.01. The maximum Gasteiger partial charge on any atom is 0.188 e. The highest BCUT2D eigenvalue weighted by atomic mass is 127. The summed E-state index contributed by atoms with van der Waals surface area (Å²) in [7, 11) is 0. The molecule has 0 aliphatic heterocycles. The van der Waals surface area contributed by atoms with E-state index >= 15 is 0 Å². The third-order valence-electron chi connectivity index (χ3n) is 3.13. The van der Waals surface area contributed by atoms with Crippen molar-refractivity contribution in [1.29, 1.82) is 0 Å². The zero-order valence-electron chi connectivity index (χ0n) is 13.5. The Morgan fingerprint density at radius 1 is 1.30 bits per heavy atom. The van der Waals surface area contributed by atoms with Crippen molar-refractivity contribution in [1.82, 2.24) is 5.32 Å². The summed E-state index contributed by atoms with van der Waals surface area (Å²) in [4.78, 5) is 5.66. The number of nitrogens with zero attached hydrogens (tertiary/aromatic N) is 1. The topological polar surface area (TPSA) is 59.6 Å². The molecule has 23 heavy (non-hydrogen) atoms. The van der Waals surface area contributed by atoms with Crippen LogP contribution in [-0.2, 0) is 6.42 Å². The number of ether oxygens (including phenoxy) is 1. The van der Waals surface area contributed by atoms with E-state index in [0.29, 0.717) is 12.5 Å². The quantitative estimate of drug-likeness (QED) is 0.389. The first kappa shape index (κ1) is 19.8. The molecule has 0 saturated heterocycles. The van der Waals surface area contributed by atoms with Gasteiger partial charge in [-0.05, 0) is 43.8 Å². The Morgan fingerprint density at radius 3 is 2.70 bits per heavy atom. The van der Waals surface area contributed by atoms with Gasteiger partial charge in [-0.1, -0.05) is 23.8 Å². The summed E-state index contributed by atoms with van der Waals surface area (Å²) in [5.74, 6) is 1.33. The minimum atomic E-state index is -0.0136. The van der Waals surface area contributed by atoms with Crippen LogP contribution in [-0.4, -0.2) is 25.2 Å². The summed E-state index contributed by atoms with van der Waals surface area (Å²) in [6.45, 7) is 5.37. The molecule has 1 unspecified atom stereocenters. The first-order chi connectivity index (χ1) is 10.6. The van der Waals surface area contributed by atoms with Gasteiger partial charge in [0.25, 0.3) is 0 Å². The van der Waals surface area contributed by atoms with E-state index in [4.69, 9.17) is 10.5 Å². The van der Waals surface area contributed by atoms with Crippen LogP contribution in [0.25, 0.3) is 0 Å². The summed E-state index contributed by atoms with van der Waals surface area (Å²) in [5.41, 5.74) is 7.08. The third kappa shape index (κ3) is 7.69. The van der Waals surface area contributed by atoms with Gasteiger partial charge in [0.1, 0.15) is 11.9 Å². The van der Waals surface area contributed by atoms with E-state index in [9.17, 15) is 0 Å². The van der Waals surface area contributed by atoms with Crippen LogP contribution in [0.15, 0.2) is 46.8 Å². The van der Waals surface area contributed by atoms with Crippen LogP contribution >= 0.6 is 35.3 Å². The number of nitrogens with one attached hydrogen (secondary N) is 1. The maximum absolute atomic E-state index is 5.86. The molecule has 0 radical (unpaired) electrons. The normalized spacial score (nSPS) is 12.3. The molecule has 3 N–H and O–H groups in total. The predicted octanol–water partition coefficient (Wildman–Crippen LogP) is 3.59. The molecule has 1 aromatic carbocycles. The first-order valence-corrected chi connectivity index (χ1v) is 8.31. The molecule has 1 aromatic heterocycles. The smallest absolute Gasteiger partial charge is 0.188 e. The highest BCUT2D eigenvalue weighted by Gasteiger charge is 2.03. The summed E-state index contributed by atoms with van der Waals surface area (Å²) >= 11 is 1.75. The summed E-state index contributed by atoms with van der Waals surface area (Å²) in [6, 6.07) is 12.2. The number of aliphatic imine (C=N–C) groups is 1. The van der Waals surface area contributed by atoms with Gasteiger partial charge in [-0.25, -0.2) is 4.99 Å². The molecule has 2 aromatic rings. The van der Waals surface area contributed by atoms with Crippen LogP contribution in [0.3, 0.4) is 0 Å². The molecule has 0 aliphatic carbocycles. The lowest BCUT2D eigenvalue weighted by Gasteiger charge is -2.13. The molecule has 1 heterocycles. The zero-order chi connectivity index (χ0) is 15.8. The molecule has 0 aliphatic rings. The van der Waals surface area contributed by atoms with E-state index < -0.39 is 0 Å². The summed E-state index contributed by atoms with van der Waals surface area (Å²) in [6.07, 6.45) is 0.948. The van der Waals surface area contributed by atoms with Crippen LogP contribution in [0.1, 0.15) is 17.4 Å². The van der Waals surface area contributed by atoms with Crippen molar-refractivity contribution in [2.75, 3.05) is 13.1 Å². The van der Waals surface area contributed by atoms with Gasteiger partial charge in [0, 0.05) is 11.4 Å². The second kappa shape index (κ2) is 10.5. The molecule has 2 rings (SSSR count). The number of aryl methyl sites for hydroxylation is 1. The Hall–Kier alpha value is -1.28. The fraction of sp³-hybridized carbons (Fsp3) is 0.353. The number of halogens is 1. The number of nitrogens with two attached hydrogens (primary N) is 1. The maximum atomic E-state index is 5.86. The molecular formula is C17H24IN3OS. The van der Waals surface area contributed by atoms with Gasteiger partial charge < -0.3 is 15.8 Å². The van der Waals surface area contributed by atoms with Gasteiger partial charge in [0.15, 0.2) is 5.96 Å². The predicted molar refractivity (Wildman–Crippen MR) is 109 cm³/mol. The minimum absolute atomic E-state index is 0. The highest BCUT2D eigenvalue weighted by Crippen LogP contribution is 2.13. The van der Waals surface area contributed by atoms with Gasteiger partial charge in [-0.2, -0.15) is 0 Å². The zero-order valence-corrected chi connectivity index (χ0v) is 16.6. The molecule has 0 saturated carbocycles. The lowest BCUT2D eigenvalue weighted by atomic mass is 10.2. The molecule has 0 amide bonds. The average molecular weight is 445 g/mol. The second-order valence-electron chi connectivity index (χ2n) is 5.22. The second-order valence-corrected chi connectivity index (χ2v) is 6.26. The van der Waals surface area contributed by atoms with Gasteiger partial charge >= 0.3 is 0 Å². The standard InChI is InChI=1S/C17H23N3OS.HI/c1-13-5-7-15(8-6-13)21-14(2)12-20-17(18)19-10-9-16-4-3-11-22-16;/h3-8,11,14H,9-10,12H2,1-2H3,(H3,18,19,20);1H. The SMILES string of the molecule is Cc1ccc(OC(C)CN=C(N)NCCc2cccs2)cc1.I. The van der Waals surface area contributed by atoms with Gasteiger partial charge in [0.2, 0.25) is 0 Å². The number of thiophene rings is 1. The van der Waals surface area contributed by atoms with Crippen LogP contribution in [0.2, 0.25) is 0 Å². The number of hydrogen-bond acceptors (Lipinski definition) is 3. The van der Waals surface area contributed by atoms with E-state index in [1.54, 1.807) is 11.3 Å². The van der Waals surface area contributed by atoms with Crippen molar-refractivity contribution in [2.45, 2.75) is 26.4 Å². The third-order valence-corrected chi connectivity index (χ3v) is 4.07. The van der Waals surface area contributed by atoms with E-state index in [0.717, 1.165) is 18.7 Å². The van der Waals surface area contributed by atoms with Crippen molar-refractivity contribution in [2.24, 2.45) is 10.7 Å². The largest absolute Gasteiger partial charge is 0.489 e. The first-order valence-electron chi connectivity index (χ1n) is 7.43. The Balaban J connectivity index is 0.00000264. The fourth-order valence-corrected chi connectivity index (χ4v) is 2.65. The number of hydrogen-bond donors (Lipinski definition) is 2. The van der Waals surface area contributed by atoms with Crippen molar-refractivity contribution in [3.8, 4) is 5.75 Å². The molecule has 0 bridgehead atoms. The molecule has 6 heteroatoms. The van der Waals surface area contributed by atoms with Crippen LogP contribution in [0.4, 0.5) is 0 Å². The van der Waals surface area contributed by atoms with E-state index in [-0.39, 0.29) is 30.1 Å². The molecule has 0 spiro atoms. The number of rotatable bonds is 7. The molecule has 1 atom stereocenters. The molecule has 4 nitrogen and oxygen atoms in total. The number of guanidine groups is 1. The molecular weight excluding hydrogens is 421 g/mol. The Bertz CT molecular complexity index is 584. The lowest BCUT2D eigenvalue weighted by molar-refractivity contribution is 0.230. The van der Waals surface area contributed by atoms with Crippen LogP contribution in [0.5, 0.6) is 5.75 Å². The molecule has 126 valence electrons. The summed E-state index contributed by atoms with van der Waals surface area (Å²) in [5, 5.41) is 5.21. The van der Waals surface area contributed by atoms with Gasteiger partial charge in [-0.15, -0.1) is 35.3 Å². The van der Waals surface area contributed by atoms with Crippen LogP contribution in [0, 0.1) is 6.92 Å². The average Bonchev–Trinajstić information content (AvgIpc) is 3.01. The van der Waals surface area contributed by atoms with Crippen molar-refractivity contribution in [3.63, 3.8) is 0 Å². The van der Waals surface area contributed by atoms with Crippen molar-refractivity contribution in [3.05, 3.63) is 52.2 Å². The van der Waals surface area contributed by atoms with Crippen LogP contribution < -0.4 is 15.8 Å². The van der Waals surface area contributed by atoms with E-state index in [1.165, 1.54) is 10.4 Å². The van der Waals surface area contributed by atoms with Crippen molar-refractivity contribution >= 4 is 41.3 Å². The Labute approximate surface area is 159 Å².